The van der Waals surface area contributed by atoms with Crippen LogP contribution in [0.1, 0.15) is 41.5 Å². The normalized spacial score (nSPS) is 18.9. The van der Waals surface area contributed by atoms with Crippen LogP contribution in [-0.4, -0.2) is 10.4 Å². The molecule has 0 aromatic carbocycles. The van der Waals surface area contributed by atoms with E-state index in [9.17, 15) is 0 Å². The van der Waals surface area contributed by atoms with Gasteiger partial charge in [-0.25, -0.2) is 0 Å². The van der Waals surface area contributed by atoms with E-state index in [0.717, 1.165) is 5.70 Å². The van der Waals surface area contributed by atoms with Gasteiger partial charge in [-0.3, -0.25) is 0 Å². The minimum absolute atomic E-state index is 0.111. The van der Waals surface area contributed by atoms with Crippen LogP contribution in [0.3, 0.4) is 0 Å². The van der Waals surface area contributed by atoms with Gasteiger partial charge in [-0.2, -0.15) is 0 Å². The fraction of sp³-hybridized carbons (Fsp3) is 0.538. The van der Waals surface area contributed by atoms with Gasteiger partial charge in [0.05, 0.1) is 0 Å². The van der Waals surface area contributed by atoms with E-state index in [1.54, 1.807) is 0 Å². The number of hydrogen-bond acceptors (Lipinski definition) is 1. The molecule has 0 spiro atoms. The van der Waals surface area contributed by atoms with Crippen LogP contribution in [-0.2, 0) is 0 Å². The molecule has 0 saturated heterocycles. The summed E-state index contributed by atoms with van der Waals surface area (Å²) in [6.07, 6.45) is 2.16. The summed E-state index contributed by atoms with van der Waals surface area (Å²) in [4.78, 5) is 2.30. The van der Waals surface area contributed by atoms with Crippen molar-refractivity contribution in [2.75, 3.05) is 0 Å². The molecule has 0 radical (unpaired) electrons. The summed E-state index contributed by atoms with van der Waals surface area (Å²) in [5.41, 5.74) is 5.22. The molecule has 78 valence electrons. The van der Waals surface area contributed by atoms with Crippen molar-refractivity contribution in [1.29, 1.82) is 0 Å². The summed E-state index contributed by atoms with van der Waals surface area (Å²) >= 11 is 0. The highest BCUT2D eigenvalue weighted by Crippen LogP contribution is 2.33. The molecule has 0 fully saturated rings. The second kappa shape index (κ2) is 3.30. The Morgan fingerprint density at radius 3 is 2.07 bits per heavy atom. The minimum atomic E-state index is 0.111. The van der Waals surface area contributed by atoms with Gasteiger partial charge in [0.1, 0.15) is 0 Å². The first-order chi connectivity index (χ1) is 6.25. The molecule has 0 aromatic heterocycles. The number of allylic oxidation sites excluding steroid dienone is 4. The molecular formula is C13H21N. The Kier molecular flexibility index (Phi) is 2.62. The first-order valence-electron chi connectivity index (χ1n) is 5.10. The maximum absolute atomic E-state index is 4.11. The molecule has 14 heavy (non-hydrogen) atoms. The molecule has 1 aliphatic heterocycles. The van der Waals surface area contributed by atoms with E-state index in [-0.39, 0.29) is 5.54 Å². The molecule has 1 rings (SSSR count). The number of rotatable bonds is 0. The highest BCUT2D eigenvalue weighted by atomic mass is 15.2. The zero-order valence-electron chi connectivity index (χ0n) is 10.2. The Labute approximate surface area is 87.8 Å². The molecule has 1 heteroatoms. The van der Waals surface area contributed by atoms with Gasteiger partial charge in [0.2, 0.25) is 0 Å². The molecule has 0 amide bonds. The monoisotopic (exact) mass is 191 g/mol. The van der Waals surface area contributed by atoms with E-state index in [0.29, 0.717) is 0 Å². The SMILES string of the molecule is C=C1C=C(C)C(C)=C(C)N1C(C)(C)C. The molecule has 0 bridgehead atoms. The predicted molar refractivity (Wildman–Crippen MR) is 62.9 cm³/mol. The molecule has 1 nitrogen and oxygen atoms in total. The molecule has 0 unspecified atom stereocenters. The van der Waals surface area contributed by atoms with Crippen LogP contribution in [0.15, 0.2) is 35.2 Å². The fourth-order valence-electron chi connectivity index (χ4n) is 2.03. The molecule has 0 saturated carbocycles. The summed E-state index contributed by atoms with van der Waals surface area (Å²) in [5, 5.41) is 0. The standard InChI is InChI=1S/C13H21N/c1-9-8-10(2)14(13(5,6)7)12(4)11(9)3/h8H,2H2,1,3-7H3. The predicted octanol–water partition coefficient (Wildman–Crippen LogP) is 3.85. The highest BCUT2D eigenvalue weighted by molar-refractivity contribution is 5.43. The van der Waals surface area contributed by atoms with Crippen LogP contribution >= 0.6 is 0 Å². The largest absolute Gasteiger partial charge is 0.340 e. The van der Waals surface area contributed by atoms with E-state index in [1.807, 2.05) is 0 Å². The number of hydrogen-bond donors (Lipinski definition) is 0. The summed E-state index contributed by atoms with van der Waals surface area (Å²) < 4.78 is 0. The average Bonchev–Trinajstić information content (AvgIpc) is 1.97. The smallest absolute Gasteiger partial charge is 0.0363 e. The molecule has 0 N–H and O–H groups in total. The zero-order chi connectivity index (χ0) is 11.1. The third kappa shape index (κ3) is 1.77. The molecule has 0 atom stereocenters. The summed E-state index contributed by atoms with van der Waals surface area (Å²) in [6, 6.07) is 0. The first-order valence-corrected chi connectivity index (χ1v) is 5.10. The molecule has 0 aliphatic carbocycles. The lowest BCUT2D eigenvalue weighted by Gasteiger charge is -2.42. The third-order valence-corrected chi connectivity index (χ3v) is 2.81. The van der Waals surface area contributed by atoms with Gasteiger partial charge >= 0.3 is 0 Å². The summed E-state index contributed by atoms with van der Waals surface area (Å²) in [6.45, 7) is 17.2. The van der Waals surface area contributed by atoms with E-state index < -0.39 is 0 Å². The van der Waals surface area contributed by atoms with E-state index in [4.69, 9.17) is 0 Å². The van der Waals surface area contributed by atoms with Gasteiger partial charge in [-0.1, -0.05) is 6.58 Å². The van der Waals surface area contributed by atoms with E-state index in [2.05, 4.69) is 59.1 Å². The third-order valence-electron chi connectivity index (χ3n) is 2.81. The Bertz CT molecular complexity index is 324. The first kappa shape index (κ1) is 11.1. The second-order valence-electron chi connectivity index (χ2n) is 5.04. The Balaban J connectivity index is 3.20. The fourth-order valence-corrected chi connectivity index (χ4v) is 2.03. The van der Waals surface area contributed by atoms with Crippen LogP contribution < -0.4 is 0 Å². The van der Waals surface area contributed by atoms with Crippen LogP contribution in [0.2, 0.25) is 0 Å². The van der Waals surface area contributed by atoms with Gasteiger partial charge in [0.15, 0.2) is 0 Å². The average molecular weight is 191 g/mol. The number of nitrogens with zero attached hydrogens (tertiary/aromatic N) is 1. The van der Waals surface area contributed by atoms with Crippen molar-refractivity contribution in [2.24, 2.45) is 0 Å². The lowest BCUT2D eigenvalue weighted by Crippen LogP contribution is -2.40. The van der Waals surface area contributed by atoms with Gasteiger partial charge in [0.25, 0.3) is 0 Å². The van der Waals surface area contributed by atoms with Crippen molar-refractivity contribution in [3.05, 3.63) is 35.2 Å². The van der Waals surface area contributed by atoms with Gasteiger partial charge < -0.3 is 4.90 Å². The summed E-state index contributed by atoms with van der Waals surface area (Å²) in [5.74, 6) is 0. The molecule has 1 aliphatic rings. The van der Waals surface area contributed by atoms with Crippen LogP contribution in [0.4, 0.5) is 0 Å². The van der Waals surface area contributed by atoms with E-state index in [1.165, 1.54) is 16.8 Å². The summed E-state index contributed by atoms with van der Waals surface area (Å²) in [7, 11) is 0. The maximum Gasteiger partial charge on any atom is 0.0363 e. The van der Waals surface area contributed by atoms with Gasteiger partial charge in [-0.05, 0) is 58.8 Å². The maximum atomic E-state index is 4.11. The zero-order valence-corrected chi connectivity index (χ0v) is 10.2. The topological polar surface area (TPSA) is 3.24 Å². The highest BCUT2D eigenvalue weighted by Gasteiger charge is 2.26. The Morgan fingerprint density at radius 2 is 1.64 bits per heavy atom. The van der Waals surface area contributed by atoms with Crippen molar-refractivity contribution in [3.8, 4) is 0 Å². The lowest BCUT2D eigenvalue weighted by atomic mass is 9.95. The van der Waals surface area contributed by atoms with Crippen molar-refractivity contribution in [3.63, 3.8) is 0 Å². The van der Waals surface area contributed by atoms with Crippen LogP contribution in [0.5, 0.6) is 0 Å². The minimum Gasteiger partial charge on any atom is -0.340 e. The van der Waals surface area contributed by atoms with Crippen molar-refractivity contribution in [1.82, 2.24) is 4.90 Å². The molecule has 1 heterocycles. The second-order valence-corrected chi connectivity index (χ2v) is 5.04. The van der Waals surface area contributed by atoms with Crippen molar-refractivity contribution in [2.45, 2.75) is 47.1 Å². The Hall–Kier alpha value is -0.980. The van der Waals surface area contributed by atoms with Crippen LogP contribution in [0.25, 0.3) is 0 Å². The van der Waals surface area contributed by atoms with Crippen LogP contribution in [0, 0.1) is 0 Å². The molecular weight excluding hydrogens is 170 g/mol. The van der Waals surface area contributed by atoms with Gasteiger partial charge in [-0.15, -0.1) is 0 Å². The van der Waals surface area contributed by atoms with Gasteiger partial charge in [0, 0.05) is 16.9 Å². The molecule has 0 aromatic rings. The quantitative estimate of drug-likeness (QED) is 0.562. The van der Waals surface area contributed by atoms with Crippen molar-refractivity contribution < 1.29 is 0 Å². The van der Waals surface area contributed by atoms with E-state index >= 15 is 0 Å². The Morgan fingerprint density at radius 1 is 1.14 bits per heavy atom. The lowest BCUT2D eigenvalue weighted by molar-refractivity contribution is 0.240. The van der Waals surface area contributed by atoms with Crippen molar-refractivity contribution >= 4 is 0 Å².